The van der Waals surface area contributed by atoms with E-state index in [0.717, 1.165) is 39.8 Å². The number of carboxylic acids is 1. The molecule has 0 saturated heterocycles. The van der Waals surface area contributed by atoms with Gasteiger partial charge in [0.2, 0.25) is 18.2 Å². The van der Waals surface area contributed by atoms with Gasteiger partial charge < -0.3 is 20.6 Å². The van der Waals surface area contributed by atoms with E-state index in [4.69, 9.17) is 0 Å². The molecule has 0 saturated carbocycles. The summed E-state index contributed by atoms with van der Waals surface area (Å²) in [6.45, 7) is 0.0912. The number of rotatable bonds is 13. The van der Waals surface area contributed by atoms with E-state index in [1.165, 1.54) is 0 Å². The molecule has 5 rings (SSSR count). The van der Waals surface area contributed by atoms with Crippen LogP contribution in [-0.4, -0.2) is 47.3 Å². The molecule has 1 aliphatic carbocycles. The van der Waals surface area contributed by atoms with Gasteiger partial charge in [0.15, 0.2) is 0 Å². The molecule has 0 aliphatic heterocycles. The second-order valence-electron chi connectivity index (χ2n) is 10.5. The minimum absolute atomic E-state index is 0.132. The van der Waals surface area contributed by atoms with Crippen LogP contribution >= 0.6 is 0 Å². The predicted octanol–water partition coefficient (Wildman–Crippen LogP) is 5.11. The Morgan fingerprint density at radius 2 is 1.35 bits per heavy atom. The highest BCUT2D eigenvalue weighted by Crippen LogP contribution is 2.45. The zero-order valence-corrected chi connectivity index (χ0v) is 23.6. The molecule has 0 radical (unpaired) electrons. The molecule has 0 heterocycles. The van der Waals surface area contributed by atoms with Crippen molar-refractivity contribution in [2.45, 2.75) is 31.3 Å². The Kier molecular flexibility index (Phi) is 9.26. The Morgan fingerprint density at radius 3 is 1.95 bits per heavy atom. The molecule has 218 valence electrons. The van der Waals surface area contributed by atoms with Crippen LogP contribution in [0.15, 0.2) is 103 Å². The number of aliphatic carboxylic acids is 1. The normalized spacial score (nSPS) is 12.5. The Morgan fingerprint density at radius 1 is 0.767 bits per heavy atom. The van der Waals surface area contributed by atoms with Gasteiger partial charge in [0, 0.05) is 13.0 Å². The fraction of sp³-hybridized carbons (Fsp3) is 0.200. The molecule has 8 heteroatoms. The van der Waals surface area contributed by atoms with E-state index in [-0.39, 0.29) is 31.3 Å². The van der Waals surface area contributed by atoms with Crippen LogP contribution in [0.3, 0.4) is 0 Å². The van der Waals surface area contributed by atoms with E-state index in [0.29, 0.717) is 18.5 Å². The van der Waals surface area contributed by atoms with Gasteiger partial charge in [0.05, 0.1) is 25.0 Å². The molecule has 0 fully saturated rings. The zero-order chi connectivity index (χ0) is 30.2. The Hall–Kier alpha value is -5.24. The third-order valence-electron chi connectivity index (χ3n) is 7.67. The number of fused-ring (bicyclic) bond motifs is 3. The lowest BCUT2D eigenvalue weighted by Gasteiger charge is -2.26. The molecular weight excluding hydrogens is 542 g/mol. The van der Waals surface area contributed by atoms with Crippen LogP contribution in [0.4, 0.5) is 0 Å². The van der Waals surface area contributed by atoms with Crippen molar-refractivity contribution in [2.75, 3.05) is 13.1 Å². The van der Waals surface area contributed by atoms with Crippen molar-refractivity contribution in [3.63, 3.8) is 0 Å². The van der Waals surface area contributed by atoms with Crippen LogP contribution in [0.25, 0.3) is 22.3 Å². The van der Waals surface area contributed by atoms with Gasteiger partial charge in [-0.3, -0.25) is 19.2 Å². The summed E-state index contributed by atoms with van der Waals surface area (Å²) in [7, 11) is 0. The summed E-state index contributed by atoms with van der Waals surface area (Å²) in [6.07, 6.45) is 1.08. The van der Waals surface area contributed by atoms with Crippen LogP contribution in [0.2, 0.25) is 0 Å². The van der Waals surface area contributed by atoms with E-state index in [1.807, 2.05) is 78.9 Å². The highest BCUT2D eigenvalue weighted by molar-refractivity contribution is 5.85. The van der Waals surface area contributed by atoms with Gasteiger partial charge >= 0.3 is 5.97 Å². The molecule has 0 aromatic heterocycles. The fourth-order valence-corrected chi connectivity index (χ4v) is 5.63. The highest BCUT2D eigenvalue weighted by atomic mass is 16.4. The Balaban J connectivity index is 1.12. The van der Waals surface area contributed by atoms with E-state index in [9.17, 15) is 24.3 Å². The van der Waals surface area contributed by atoms with Gasteiger partial charge in [-0.05, 0) is 45.4 Å². The zero-order valence-electron chi connectivity index (χ0n) is 23.6. The number of hydrogen-bond donors (Lipinski definition) is 3. The van der Waals surface area contributed by atoms with Crippen LogP contribution < -0.4 is 10.6 Å². The number of hydrogen-bond acceptors (Lipinski definition) is 4. The maximum atomic E-state index is 12.7. The van der Waals surface area contributed by atoms with Crippen molar-refractivity contribution in [1.29, 1.82) is 0 Å². The van der Waals surface area contributed by atoms with Crippen molar-refractivity contribution < 1.29 is 24.3 Å². The number of nitrogens with zero attached hydrogens (tertiary/aromatic N) is 1. The Labute approximate surface area is 250 Å². The summed E-state index contributed by atoms with van der Waals surface area (Å²) in [5.74, 6) is -1.86. The maximum Gasteiger partial charge on any atom is 0.305 e. The van der Waals surface area contributed by atoms with Gasteiger partial charge in [0.1, 0.15) is 0 Å². The minimum atomic E-state index is -1.05. The van der Waals surface area contributed by atoms with E-state index < -0.39 is 17.9 Å². The van der Waals surface area contributed by atoms with Crippen molar-refractivity contribution in [3.05, 3.63) is 120 Å². The van der Waals surface area contributed by atoms with Crippen LogP contribution in [0.1, 0.15) is 48.0 Å². The van der Waals surface area contributed by atoms with Crippen molar-refractivity contribution >= 4 is 24.2 Å². The van der Waals surface area contributed by atoms with Crippen molar-refractivity contribution in [3.8, 4) is 22.3 Å². The molecule has 1 aliphatic rings. The fourth-order valence-electron chi connectivity index (χ4n) is 5.63. The van der Waals surface area contributed by atoms with Crippen molar-refractivity contribution in [2.24, 2.45) is 0 Å². The maximum absolute atomic E-state index is 12.7. The average Bonchev–Trinajstić information content (AvgIpc) is 3.36. The number of carbonyl (C=O) groups excluding carboxylic acids is 3. The number of benzene rings is 4. The molecule has 3 N–H and O–H groups in total. The van der Waals surface area contributed by atoms with Gasteiger partial charge in [-0.25, -0.2) is 0 Å². The number of carbonyl (C=O) groups is 4. The van der Waals surface area contributed by atoms with Gasteiger partial charge in [-0.1, -0.05) is 103 Å². The molecule has 1 atom stereocenters. The first-order chi connectivity index (χ1) is 20.9. The van der Waals surface area contributed by atoms with Crippen LogP contribution in [0.5, 0.6) is 0 Å². The van der Waals surface area contributed by atoms with Crippen LogP contribution in [-0.2, 0) is 19.2 Å². The van der Waals surface area contributed by atoms with Crippen molar-refractivity contribution in [1.82, 2.24) is 15.5 Å². The highest BCUT2D eigenvalue weighted by Gasteiger charge is 2.32. The average molecular weight is 576 g/mol. The molecule has 43 heavy (non-hydrogen) atoms. The number of amides is 3. The number of carboxylic acid groups (broad SMARTS) is 1. The summed E-state index contributed by atoms with van der Waals surface area (Å²) in [6, 6.07) is 32.2. The first-order valence-corrected chi connectivity index (χ1v) is 14.3. The largest absolute Gasteiger partial charge is 0.481 e. The molecule has 0 spiro atoms. The predicted molar refractivity (Wildman–Crippen MR) is 164 cm³/mol. The third-order valence-corrected chi connectivity index (χ3v) is 7.67. The minimum Gasteiger partial charge on any atom is -0.481 e. The molecule has 1 unspecified atom stereocenters. The summed E-state index contributed by atoms with van der Waals surface area (Å²) >= 11 is 0. The molecule has 8 nitrogen and oxygen atoms in total. The molecule has 4 aromatic rings. The quantitative estimate of drug-likeness (QED) is 0.192. The molecule has 0 bridgehead atoms. The van der Waals surface area contributed by atoms with Gasteiger partial charge in [-0.2, -0.15) is 0 Å². The Bertz CT molecular complexity index is 1560. The third kappa shape index (κ3) is 6.98. The van der Waals surface area contributed by atoms with Gasteiger partial charge in [0.25, 0.3) is 0 Å². The summed E-state index contributed by atoms with van der Waals surface area (Å²) in [4.78, 5) is 50.5. The summed E-state index contributed by atoms with van der Waals surface area (Å²) in [5.41, 5.74) is 6.99. The van der Waals surface area contributed by atoms with E-state index in [1.54, 1.807) is 17.0 Å². The second-order valence-corrected chi connectivity index (χ2v) is 10.5. The first kappa shape index (κ1) is 29.3. The second kappa shape index (κ2) is 13.6. The first-order valence-electron chi connectivity index (χ1n) is 14.3. The summed E-state index contributed by atoms with van der Waals surface area (Å²) < 4.78 is 0. The smallest absolute Gasteiger partial charge is 0.305 e. The molecule has 4 aromatic carbocycles. The van der Waals surface area contributed by atoms with Gasteiger partial charge in [-0.15, -0.1) is 0 Å². The lowest BCUT2D eigenvalue weighted by molar-refractivity contribution is -0.138. The topological polar surface area (TPSA) is 116 Å². The number of nitrogens with one attached hydrogen (secondary N) is 2. The van der Waals surface area contributed by atoms with E-state index in [2.05, 4.69) is 22.8 Å². The van der Waals surface area contributed by atoms with Crippen LogP contribution in [0, 0.1) is 0 Å². The lowest BCUT2D eigenvalue weighted by atomic mass is 9.99. The molecule has 3 amide bonds. The lowest BCUT2D eigenvalue weighted by Crippen LogP contribution is -2.39. The standard InChI is InChI=1S/C35H33N3O5/c39-23-38(35-29-13-6-4-11-27(29)28-12-5-7-14-30(28)35)20-8-15-32(40)36-22-33(41)37-31(21-34(42)43)26-18-16-25(17-19-26)24-9-2-1-3-10-24/h1-7,9-14,16-19,23,31,35H,8,15,20-22H2,(H,36,40)(H,37,41)(H,42,43). The monoisotopic (exact) mass is 575 g/mol. The van der Waals surface area contributed by atoms with E-state index >= 15 is 0 Å². The summed E-state index contributed by atoms with van der Waals surface area (Å²) in [5, 5.41) is 14.7. The molecular formula is C35H33N3O5. The SMILES string of the molecule is O=CN(CCCC(=O)NCC(=O)NC(CC(=O)O)c1ccc(-c2ccccc2)cc1)C1c2ccccc2-c2ccccc21.